The second kappa shape index (κ2) is 6.32. The molecular weight excluding hydrogens is 276 g/mol. The summed E-state index contributed by atoms with van der Waals surface area (Å²) in [7, 11) is 0. The largest absolute Gasteiger partial charge is 0.361 e. The number of benzene rings is 2. The first-order chi connectivity index (χ1) is 10.8. The first-order valence-corrected chi connectivity index (χ1v) is 7.19. The molecule has 0 aliphatic rings. The highest BCUT2D eigenvalue weighted by molar-refractivity contribution is 6.01. The van der Waals surface area contributed by atoms with Crippen LogP contribution in [0.4, 0.5) is 16.2 Å². The normalized spacial score (nSPS) is 10.6. The van der Waals surface area contributed by atoms with Crippen LogP contribution in [-0.4, -0.2) is 17.6 Å². The second-order valence-corrected chi connectivity index (χ2v) is 5.06. The Morgan fingerprint density at radius 3 is 2.59 bits per heavy atom. The van der Waals surface area contributed by atoms with Gasteiger partial charge in [-0.05, 0) is 48.9 Å². The average Bonchev–Trinajstić information content (AvgIpc) is 2.91. The molecule has 5 N–H and O–H groups in total. The van der Waals surface area contributed by atoms with Crippen molar-refractivity contribution in [3.63, 3.8) is 0 Å². The molecule has 112 valence electrons. The van der Waals surface area contributed by atoms with Gasteiger partial charge in [0.15, 0.2) is 0 Å². The fourth-order valence-corrected chi connectivity index (χ4v) is 2.43. The average molecular weight is 294 g/mol. The number of nitrogens with two attached hydrogens (primary N) is 1. The van der Waals surface area contributed by atoms with Gasteiger partial charge in [0.2, 0.25) is 0 Å². The number of H-pyrrole nitrogens is 1. The number of fused-ring (bicyclic) bond motifs is 1. The van der Waals surface area contributed by atoms with Gasteiger partial charge in [-0.3, -0.25) is 0 Å². The van der Waals surface area contributed by atoms with Crippen LogP contribution in [0.25, 0.3) is 10.9 Å². The third-order valence-electron chi connectivity index (χ3n) is 3.47. The number of aromatic nitrogens is 1. The Balaban J connectivity index is 1.75. The first kappa shape index (κ1) is 14.2. The molecule has 0 spiro atoms. The lowest BCUT2D eigenvalue weighted by atomic mass is 10.1. The van der Waals surface area contributed by atoms with Crippen molar-refractivity contribution in [3.05, 3.63) is 60.3 Å². The number of urea groups is 1. The van der Waals surface area contributed by atoms with Gasteiger partial charge in [-0.2, -0.15) is 0 Å². The minimum Gasteiger partial charge on any atom is -0.361 e. The Bertz CT molecular complexity index is 780. The lowest BCUT2D eigenvalue weighted by Gasteiger charge is -2.08. The van der Waals surface area contributed by atoms with E-state index in [2.05, 4.69) is 15.6 Å². The van der Waals surface area contributed by atoms with Gasteiger partial charge in [0.25, 0.3) is 0 Å². The molecule has 0 atom stereocenters. The van der Waals surface area contributed by atoms with Crippen LogP contribution in [0.3, 0.4) is 0 Å². The molecule has 1 aromatic heterocycles. The maximum atomic E-state index is 12.0. The zero-order chi connectivity index (χ0) is 15.4. The summed E-state index contributed by atoms with van der Waals surface area (Å²) < 4.78 is 0. The van der Waals surface area contributed by atoms with Gasteiger partial charge in [-0.1, -0.05) is 18.2 Å². The third kappa shape index (κ3) is 3.10. The van der Waals surface area contributed by atoms with Crippen LogP contribution in [-0.2, 0) is 6.42 Å². The van der Waals surface area contributed by atoms with Gasteiger partial charge in [0, 0.05) is 28.5 Å². The molecule has 2 aromatic carbocycles. The fourth-order valence-electron chi connectivity index (χ4n) is 2.43. The summed E-state index contributed by atoms with van der Waals surface area (Å²) in [6.45, 7) is 0.596. The Morgan fingerprint density at radius 2 is 1.82 bits per heavy atom. The summed E-state index contributed by atoms with van der Waals surface area (Å²) in [5.41, 5.74) is 9.32. The summed E-state index contributed by atoms with van der Waals surface area (Å²) in [5, 5.41) is 6.73. The zero-order valence-corrected chi connectivity index (χ0v) is 12.1. The topological polar surface area (TPSA) is 82.9 Å². The van der Waals surface area contributed by atoms with E-state index in [9.17, 15) is 4.79 Å². The number of anilines is 2. The SMILES string of the molecule is NCCc1c[nH]c2ccc(NC(=O)Nc3ccccc3)cc12. The van der Waals surface area contributed by atoms with Gasteiger partial charge in [-0.15, -0.1) is 0 Å². The molecule has 1 heterocycles. The van der Waals surface area contributed by atoms with Crippen molar-refractivity contribution in [1.29, 1.82) is 0 Å². The minimum absolute atomic E-state index is 0.263. The molecule has 0 bridgehead atoms. The number of hydrogen-bond acceptors (Lipinski definition) is 2. The van der Waals surface area contributed by atoms with E-state index in [1.807, 2.05) is 54.7 Å². The number of hydrogen-bond donors (Lipinski definition) is 4. The van der Waals surface area contributed by atoms with E-state index in [4.69, 9.17) is 5.73 Å². The summed E-state index contributed by atoms with van der Waals surface area (Å²) in [6, 6.07) is 14.9. The third-order valence-corrected chi connectivity index (χ3v) is 3.47. The molecule has 2 amide bonds. The molecule has 0 fully saturated rings. The van der Waals surface area contributed by atoms with E-state index in [0.29, 0.717) is 6.54 Å². The number of amides is 2. The molecule has 22 heavy (non-hydrogen) atoms. The molecule has 0 saturated heterocycles. The predicted octanol–water partition coefficient (Wildman–Crippen LogP) is 3.31. The smallest absolute Gasteiger partial charge is 0.323 e. The van der Waals surface area contributed by atoms with Crippen molar-refractivity contribution >= 4 is 28.3 Å². The maximum Gasteiger partial charge on any atom is 0.323 e. The summed E-state index contributed by atoms with van der Waals surface area (Å²) in [4.78, 5) is 15.2. The second-order valence-electron chi connectivity index (χ2n) is 5.06. The predicted molar refractivity (Wildman–Crippen MR) is 90.1 cm³/mol. The highest BCUT2D eigenvalue weighted by Crippen LogP contribution is 2.22. The van der Waals surface area contributed by atoms with Crippen LogP contribution in [0.15, 0.2) is 54.7 Å². The number of rotatable bonds is 4. The Hall–Kier alpha value is -2.79. The van der Waals surface area contributed by atoms with Crippen LogP contribution in [0, 0.1) is 0 Å². The summed E-state index contributed by atoms with van der Waals surface area (Å²) in [6.07, 6.45) is 2.77. The molecule has 5 nitrogen and oxygen atoms in total. The molecule has 3 aromatic rings. The molecular formula is C17H18N4O. The lowest BCUT2D eigenvalue weighted by Crippen LogP contribution is -2.19. The van der Waals surface area contributed by atoms with Crippen molar-refractivity contribution in [2.75, 3.05) is 17.2 Å². The van der Waals surface area contributed by atoms with Crippen molar-refractivity contribution in [1.82, 2.24) is 4.98 Å². The summed E-state index contributed by atoms with van der Waals surface area (Å²) >= 11 is 0. The fraction of sp³-hybridized carbons (Fsp3) is 0.118. The van der Waals surface area contributed by atoms with Crippen molar-refractivity contribution < 1.29 is 4.79 Å². The number of carbonyl (C=O) groups excluding carboxylic acids is 1. The van der Waals surface area contributed by atoms with E-state index >= 15 is 0 Å². The van der Waals surface area contributed by atoms with Gasteiger partial charge in [0.1, 0.15) is 0 Å². The molecule has 5 heteroatoms. The standard InChI is InChI=1S/C17H18N4O/c18-9-8-12-11-19-16-7-6-14(10-15(12)16)21-17(22)20-13-4-2-1-3-5-13/h1-7,10-11,19H,8-9,18H2,(H2,20,21,22). The van der Waals surface area contributed by atoms with Crippen LogP contribution in [0.1, 0.15) is 5.56 Å². The molecule has 0 saturated carbocycles. The van der Waals surface area contributed by atoms with E-state index in [1.165, 1.54) is 0 Å². The molecule has 0 radical (unpaired) electrons. The van der Waals surface area contributed by atoms with Gasteiger partial charge in [0.05, 0.1) is 0 Å². The Kier molecular flexibility index (Phi) is 4.07. The lowest BCUT2D eigenvalue weighted by molar-refractivity contribution is 0.262. The van der Waals surface area contributed by atoms with Gasteiger partial charge in [-0.25, -0.2) is 4.79 Å². The highest BCUT2D eigenvalue weighted by atomic mass is 16.2. The number of para-hydroxylation sites is 1. The van der Waals surface area contributed by atoms with Crippen LogP contribution < -0.4 is 16.4 Å². The first-order valence-electron chi connectivity index (χ1n) is 7.19. The zero-order valence-electron chi connectivity index (χ0n) is 12.1. The monoisotopic (exact) mass is 294 g/mol. The van der Waals surface area contributed by atoms with Gasteiger partial charge < -0.3 is 21.4 Å². The Morgan fingerprint density at radius 1 is 1.05 bits per heavy atom. The number of nitrogens with one attached hydrogen (secondary N) is 3. The van der Waals surface area contributed by atoms with Crippen molar-refractivity contribution in [3.8, 4) is 0 Å². The molecule has 0 aliphatic heterocycles. The van der Waals surface area contributed by atoms with Crippen LogP contribution in [0.2, 0.25) is 0 Å². The maximum absolute atomic E-state index is 12.0. The molecule has 0 aliphatic carbocycles. The van der Waals surface area contributed by atoms with Crippen LogP contribution in [0.5, 0.6) is 0 Å². The van der Waals surface area contributed by atoms with E-state index in [0.717, 1.165) is 34.3 Å². The van der Waals surface area contributed by atoms with Gasteiger partial charge >= 0.3 is 6.03 Å². The quantitative estimate of drug-likeness (QED) is 0.595. The van der Waals surface area contributed by atoms with Crippen molar-refractivity contribution in [2.24, 2.45) is 5.73 Å². The number of carbonyl (C=O) groups is 1. The summed E-state index contributed by atoms with van der Waals surface area (Å²) in [5.74, 6) is 0. The molecule has 0 unspecified atom stereocenters. The highest BCUT2D eigenvalue weighted by Gasteiger charge is 2.06. The Labute approximate surface area is 128 Å². The van der Waals surface area contributed by atoms with Crippen LogP contribution >= 0.6 is 0 Å². The minimum atomic E-state index is -0.263. The van der Waals surface area contributed by atoms with E-state index in [1.54, 1.807) is 0 Å². The molecule has 3 rings (SSSR count). The van der Waals surface area contributed by atoms with Crippen molar-refractivity contribution in [2.45, 2.75) is 6.42 Å². The van der Waals surface area contributed by atoms with E-state index in [-0.39, 0.29) is 6.03 Å². The number of aromatic amines is 1. The van der Waals surface area contributed by atoms with E-state index < -0.39 is 0 Å².